The molecule has 240 valence electrons. The van der Waals surface area contributed by atoms with E-state index in [1.54, 1.807) is 0 Å². The Morgan fingerprint density at radius 2 is 1.07 bits per heavy atom. The van der Waals surface area contributed by atoms with Crippen molar-refractivity contribution in [1.82, 2.24) is 5.32 Å². The number of carboxylic acids is 2. The van der Waals surface area contributed by atoms with E-state index in [4.69, 9.17) is 15.9 Å². The fourth-order valence-corrected chi connectivity index (χ4v) is 17.3. The molecule has 2 aliphatic heterocycles. The lowest BCUT2D eigenvalue weighted by molar-refractivity contribution is -0.139. The van der Waals surface area contributed by atoms with Crippen LogP contribution in [0.3, 0.4) is 0 Å². The van der Waals surface area contributed by atoms with E-state index in [1.807, 2.05) is 64.8 Å². The summed E-state index contributed by atoms with van der Waals surface area (Å²) in [5.74, 6) is -1.55. The van der Waals surface area contributed by atoms with Crippen molar-refractivity contribution >= 4 is 82.6 Å². The first-order valence-corrected chi connectivity index (χ1v) is 22.1. The van der Waals surface area contributed by atoms with Crippen LogP contribution in [0.2, 0.25) is 0 Å². The summed E-state index contributed by atoms with van der Waals surface area (Å²) in [5, 5.41) is 21.4. The summed E-state index contributed by atoms with van der Waals surface area (Å²) in [6.45, 7) is 0.597. The minimum atomic E-state index is -0.968. The highest BCUT2D eigenvalue weighted by Gasteiger charge is 2.50. The van der Waals surface area contributed by atoms with Gasteiger partial charge in [-0.2, -0.15) is 0 Å². The van der Waals surface area contributed by atoms with Gasteiger partial charge in [-0.15, -0.1) is 0 Å². The molecule has 0 saturated carbocycles. The van der Waals surface area contributed by atoms with Crippen LogP contribution in [0, 0.1) is 0 Å². The van der Waals surface area contributed by atoms with Crippen LogP contribution in [-0.4, -0.2) is 48.5 Å². The molecule has 0 radical (unpaired) electrons. The molecule has 2 aliphatic rings. The lowest BCUT2D eigenvalue weighted by Gasteiger charge is -2.13. The number of rotatable bonds is 25. The van der Waals surface area contributed by atoms with Crippen molar-refractivity contribution in [2.45, 2.75) is 144 Å². The van der Waals surface area contributed by atoms with Crippen LogP contribution in [0.15, 0.2) is 0 Å². The zero-order valence-corrected chi connectivity index (χ0v) is 29.4. The average molecular weight is 689 g/mol. The SMILES string of the molecule is C1SSC2(SS1)SS2.N[C@@H](CCCCNC(=O)CCCCCCCCCCCCCCCCCCC(=O)O)C(=O)O. The maximum atomic E-state index is 11.8. The van der Waals surface area contributed by atoms with Gasteiger partial charge in [0.05, 0.1) is 5.08 Å². The first-order valence-electron chi connectivity index (χ1n) is 15.3. The second kappa shape index (κ2) is 26.8. The Hall–Kier alpha value is 0.470. The molecule has 1 amide bonds. The third-order valence-electron chi connectivity index (χ3n) is 6.76. The number of hydrogen-bond donors (Lipinski definition) is 4. The quantitative estimate of drug-likeness (QED) is 0.0414. The molecule has 0 aliphatic carbocycles. The number of amides is 1. The highest BCUT2D eigenvalue weighted by molar-refractivity contribution is 9.14. The summed E-state index contributed by atoms with van der Waals surface area (Å²) in [7, 11) is 12.0. The Balaban J connectivity index is 0.000000876. The third-order valence-corrected chi connectivity index (χ3v) is 19.7. The van der Waals surface area contributed by atoms with Crippen LogP contribution < -0.4 is 11.1 Å². The predicted molar refractivity (Wildman–Crippen MR) is 186 cm³/mol. The van der Waals surface area contributed by atoms with Crippen molar-refractivity contribution in [1.29, 1.82) is 0 Å². The number of nitrogens with one attached hydrogen (secondary N) is 1. The van der Waals surface area contributed by atoms with Gasteiger partial charge < -0.3 is 21.3 Å². The van der Waals surface area contributed by atoms with Crippen molar-refractivity contribution in [3.8, 4) is 0 Å². The topological polar surface area (TPSA) is 130 Å². The Kier molecular flexibility index (Phi) is 25.9. The average Bonchev–Trinajstić information content (AvgIpc) is 3.70. The van der Waals surface area contributed by atoms with Crippen LogP contribution >= 0.6 is 64.8 Å². The zero-order chi connectivity index (χ0) is 30.0. The van der Waals surface area contributed by atoms with E-state index in [9.17, 15) is 14.4 Å². The lowest BCUT2D eigenvalue weighted by Crippen LogP contribution is -2.30. The maximum absolute atomic E-state index is 11.8. The van der Waals surface area contributed by atoms with E-state index in [-0.39, 0.29) is 5.91 Å². The first kappa shape index (κ1) is 39.5. The van der Waals surface area contributed by atoms with Crippen molar-refractivity contribution < 1.29 is 24.6 Å². The van der Waals surface area contributed by atoms with E-state index in [1.165, 1.54) is 82.1 Å². The molecule has 7 nitrogen and oxygen atoms in total. The van der Waals surface area contributed by atoms with Crippen LogP contribution in [0.25, 0.3) is 0 Å². The molecule has 5 N–H and O–H groups in total. The van der Waals surface area contributed by atoms with Gasteiger partial charge in [-0.05, 0) is 53.7 Å². The Labute approximate surface area is 271 Å². The van der Waals surface area contributed by atoms with Crippen molar-refractivity contribution in [2.24, 2.45) is 5.73 Å². The fraction of sp³-hybridized carbons (Fsp3) is 0.893. The molecule has 1 atom stereocenters. The number of unbranched alkanes of at least 4 members (excludes halogenated alkanes) is 16. The summed E-state index contributed by atoms with van der Waals surface area (Å²) in [6, 6.07) is -0.800. The number of hydrogen-bond acceptors (Lipinski definition) is 10. The van der Waals surface area contributed by atoms with Gasteiger partial charge in [-0.25, -0.2) is 0 Å². The minimum Gasteiger partial charge on any atom is -0.481 e. The normalized spacial score (nSPS) is 16.0. The second-order valence-corrected chi connectivity index (χ2v) is 20.0. The zero-order valence-electron chi connectivity index (χ0n) is 24.5. The first-order chi connectivity index (χ1) is 19.8. The van der Waals surface area contributed by atoms with Gasteiger partial charge in [0.15, 0.2) is 2.74 Å². The molecular formula is C28H52N2O5S6. The number of carboxylic acid groups (broad SMARTS) is 2. The second-order valence-electron chi connectivity index (χ2n) is 10.5. The Morgan fingerprint density at radius 3 is 1.46 bits per heavy atom. The van der Waals surface area contributed by atoms with Crippen LogP contribution in [0.4, 0.5) is 0 Å². The monoisotopic (exact) mass is 688 g/mol. The molecule has 2 fully saturated rings. The highest BCUT2D eigenvalue weighted by Crippen LogP contribution is 2.83. The summed E-state index contributed by atoms with van der Waals surface area (Å²) >= 11 is 0. The number of carbonyl (C=O) groups is 3. The summed E-state index contributed by atoms with van der Waals surface area (Å²) < 4.78 is 0.521. The van der Waals surface area contributed by atoms with Gasteiger partial charge in [-0.1, -0.05) is 133 Å². The predicted octanol–water partition coefficient (Wildman–Crippen LogP) is 9.52. The maximum Gasteiger partial charge on any atom is 0.320 e. The fourth-order valence-electron chi connectivity index (χ4n) is 4.28. The molecule has 2 heterocycles. The molecule has 1 spiro atoms. The summed E-state index contributed by atoms with van der Waals surface area (Å²) in [5.41, 5.74) is 5.44. The highest BCUT2D eigenvalue weighted by atomic mass is 33.2. The molecule has 41 heavy (non-hydrogen) atoms. The Bertz CT molecular complexity index is 695. The van der Waals surface area contributed by atoms with E-state index < -0.39 is 18.0 Å². The molecule has 0 unspecified atom stereocenters. The van der Waals surface area contributed by atoms with Crippen molar-refractivity contribution in [2.75, 3.05) is 11.6 Å². The molecular weight excluding hydrogens is 637 g/mol. The lowest BCUT2D eigenvalue weighted by atomic mass is 10.0. The van der Waals surface area contributed by atoms with Gasteiger partial charge in [0.1, 0.15) is 6.04 Å². The van der Waals surface area contributed by atoms with Gasteiger partial charge in [-0.3, -0.25) is 14.4 Å². The van der Waals surface area contributed by atoms with E-state index >= 15 is 0 Å². The van der Waals surface area contributed by atoms with Gasteiger partial charge in [0.2, 0.25) is 5.91 Å². The smallest absolute Gasteiger partial charge is 0.320 e. The van der Waals surface area contributed by atoms with Gasteiger partial charge in [0.25, 0.3) is 0 Å². The van der Waals surface area contributed by atoms with E-state index in [0.29, 0.717) is 35.0 Å². The molecule has 0 aromatic rings. The minimum absolute atomic E-state index is 0.0933. The largest absolute Gasteiger partial charge is 0.481 e. The van der Waals surface area contributed by atoms with Gasteiger partial charge in [0, 0.05) is 19.4 Å². The standard InChI is InChI=1S/C26H50N2O5.C2H2S6/c27-23(26(32)33)19-17-18-22-28-24(29)20-15-13-11-9-7-5-3-1-2-4-6-8-10-12-14-16-21-25(30)31;1-3-5-2(6-4-1)7-8-2/h23H,1-22,27H2,(H,28,29)(H,30,31)(H,32,33);1H2/t23-;/m0./s1. The number of nitrogens with two attached hydrogens (primary N) is 1. The Morgan fingerprint density at radius 1 is 0.634 bits per heavy atom. The molecule has 2 rings (SSSR count). The molecule has 0 aromatic heterocycles. The third kappa shape index (κ3) is 25.5. The van der Waals surface area contributed by atoms with Crippen LogP contribution in [0.1, 0.15) is 135 Å². The number of aliphatic carboxylic acids is 2. The summed E-state index contributed by atoms with van der Waals surface area (Å²) in [6.07, 6.45) is 22.1. The number of carbonyl (C=O) groups excluding carboxylic acids is 1. The molecule has 13 heteroatoms. The molecule has 0 aromatic carbocycles. The molecule has 0 bridgehead atoms. The summed E-state index contributed by atoms with van der Waals surface area (Å²) in [4.78, 5) is 32.8. The van der Waals surface area contributed by atoms with Crippen molar-refractivity contribution in [3.05, 3.63) is 0 Å². The van der Waals surface area contributed by atoms with Crippen LogP contribution in [-0.2, 0) is 14.4 Å². The van der Waals surface area contributed by atoms with Crippen LogP contribution in [0.5, 0.6) is 0 Å². The van der Waals surface area contributed by atoms with E-state index in [2.05, 4.69) is 5.32 Å². The van der Waals surface area contributed by atoms with Crippen molar-refractivity contribution in [3.63, 3.8) is 0 Å². The molecule has 2 saturated heterocycles. The van der Waals surface area contributed by atoms with E-state index in [0.717, 1.165) is 32.1 Å². The van der Waals surface area contributed by atoms with Gasteiger partial charge >= 0.3 is 11.9 Å².